The van der Waals surface area contributed by atoms with Crippen molar-refractivity contribution in [3.8, 4) is 5.69 Å². The molecule has 0 radical (unpaired) electrons. The van der Waals surface area contributed by atoms with Crippen LogP contribution in [0.1, 0.15) is 17.1 Å². The molecule has 4 rings (SSSR count). The first-order chi connectivity index (χ1) is 12.5. The summed E-state index contributed by atoms with van der Waals surface area (Å²) in [6, 6.07) is 11.6. The van der Waals surface area contributed by atoms with E-state index in [2.05, 4.69) is 25.4 Å². The van der Waals surface area contributed by atoms with Gasteiger partial charge in [0.15, 0.2) is 0 Å². The number of aromatic nitrogens is 5. The third kappa shape index (κ3) is 2.83. The molecule has 0 aliphatic carbocycles. The fraction of sp³-hybridized carbons (Fsp3) is 0.158. The standard InChI is InChI=1S/C19H18N6O/c1-11-6-4-5-7-15(11)25-16-9-17(20-10-14(16)19(26)24-25)23-18-8-12(2)21-13(3)22-18/h4-10H,1-3H3,(H,24,26)(H,20,21,22,23). The van der Waals surface area contributed by atoms with E-state index in [1.807, 2.05) is 57.2 Å². The summed E-state index contributed by atoms with van der Waals surface area (Å²) in [7, 11) is 0. The lowest BCUT2D eigenvalue weighted by atomic mass is 10.2. The first-order valence-corrected chi connectivity index (χ1v) is 8.27. The van der Waals surface area contributed by atoms with Gasteiger partial charge in [-0.05, 0) is 32.4 Å². The lowest BCUT2D eigenvalue weighted by molar-refractivity contribution is 0.883. The van der Waals surface area contributed by atoms with Crippen molar-refractivity contribution in [2.75, 3.05) is 5.32 Å². The average molecular weight is 346 g/mol. The van der Waals surface area contributed by atoms with Gasteiger partial charge in [0.1, 0.15) is 17.5 Å². The quantitative estimate of drug-likeness (QED) is 0.595. The molecule has 0 saturated carbocycles. The number of rotatable bonds is 3. The highest BCUT2D eigenvalue weighted by Gasteiger charge is 2.12. The molecule has 3 aromatic heterocycles. The first kappa shape index (κ1) is 16.0. The van der Waals surface area contributed by atoms with Gasteiger partial charge >= 0.3 is 0 Å². The predicted octanol–water partition coefficient (Wildman–Crippen LogP) is 3.17. The number of pyridine rings is 1. The van der Waals surface area contributed by atoms with Gasteiger partial charge in [-0.1, -0.05) is 18.2 Å². The molecule has 0 atom stereocenters. The summed E-state index contributed by atoms with van der Waals surface area (Å²) in [5.41, 5.74) is 3.44. The van der Waals surface area contributed by atoms with Crippen LogP contribution >= 0.6 is 0 Å². The molecule has 130 valence electrons. The third-order valence-corrected chi connectivity index (χ3v) is 4.16. The minimum absolute atomic E-state index is 0.170. The topological polar surface area (TPSA) is 88.5 Å². The van der Waals surface area contributed by atoms with Crippen molar-refractivity contribution in [2.24, 2.45) is 0 Å². The number of hydrogen-bond donors (Lipinski definition) is 2. The van der Waals surface area contributed by atoms with Crippen LogP contribution in [0.2, 0.25) is 0 Å². The van der Waals surface area contributed by atoms with Gasteiger partial charge in [0.25, 0.3) is 5.56 Å². The Morgan fingerprint density at radius 1 is 1.04 bits per heavy atom. The summed E-state index contributed by atoms with van der Waals surface area (Å²) in [4.78, 5) is 25.3. The molecule has 0 unspecified atom stereocenters. The highest BCUT2D eigenvalue weighted by atomic mass is 16.1. The van der Waals surface area contributed by atoms with Crippen LogP contribution in [0.15, 0.2) is 47.4 Å². The number of anilines is 2. The second-order valence-electron chi connectivity index (χ2n) is 6.22. The maximum Gasteiger partial charge on any atom is 0.273 e. The Balaban J connectivity index is 1.83. The number of fused-ring (bicyclic) bond motifs is 1. The van der Waals surface area contributed by atoms with Crippen LogP contribution in [0, 0.1) is 20.8 Å². The predicted molar refractivity (Wildman–Crippen MR) is 101 cm³/mol. The van der Waals surface area contributed by atoms with E-state index in [1.54, 1.807) is 10.9 Å². The van der Waals surface area contributed by atoms with Gasteiger partial charge < -0.3 is 5.32 Å². The van der Waals surface area contributed by atoms with E-state index in [0.29, 0.717) is 22.8 Å². The summed E-state index contributed by atoms with van der Waals surface area (Å²) in [6.45, 7) is 5.77. The summed E-state index contributed by atoms with van der Waals surface area (Å²) < 4.78 is 1.79. The highest BCUT2D eigenvalue weighted by Crippen LogP contribution is 2.21. The molecule has 3 heterocycles. The Bertz CT molecular complexity index is 1150. The molecule has 0 aliphatic heterocycles. The van der Waals surface area contributed by atoms with Gasteiger partial charge in [-0.25, -0.2) is 15.0 Å². The third-order valence-electron chi connectivity index (χ3n) is 4.16. The lowest BCUT2D eigenvalue weighted by Gasteiger charge is -2.09. The lowest BCUT2D eigenvalue weighted by Crippen LogP contribution is -2.04. The normalized spacial score (nSPS) is 11.0. The van der Waals surface area contributed by atoms with Gasteiger partial charge in [-0.15, -0.1) is 0 Å². The Labute approximate surface area is 149 Å². The van der Waals surface area contributed by atoms with Crippen LogP contribution in [0.3, 0.4) is 0 Å². The van der Waals surface area contributed by atoms with Crippen molar-refractivity contribution in [3.05, 3.63) is 70.0 Å². The minimum atomic E-state index is -0.170. The van der Waals surface area contributed by atoms with E-state index in [9.17, 15) is 4.79 Å². The zero-order chi connectivity index (χ0) is 18.3. The Hall–Kier alpha value is -3.48. The summed E-state index contributed by atoms with van der Waals surface area (Å²) in [5.74, 6) is 1.96. The van der Waals surface area contributed by atoms with Crippen molar-refractivity contribution < 1.29 is 0 Å². The number of para-hydroxylation sites is 1. The van der Waals surface area contributed by atoms with Crippen molar-refractivity contribution in [1.29, 1.82) is 0 Å². The van der Waals surface area contributed by atoms with Crippen LogP contribution in [0.4, 0.5) is 11.6 Å². The number of nitrogens with one attached hydrogen (secondary N) is 2. The number of aryl methyl sites for hydroxylation is 3. The minimum Gasteiger partial charge on any atom is -0.325 e. The Kier molecular flexibility index (Phi) is 3.76. The summed E-state index contributed by atoms with van der Waals surface area (Å²) in [6.07, 6.45) is 1.58. The van der Waals surface area contributed by atoms with Crippen LogP contribution in [-0.4, -0.2) is 24.7 Å². The smallest absolute Gasteiger partial charge is 0.273 e. The fourth-order valence-corrected chi connectivity index (χ4v) is 3.01. The molecule has 4 aromatic rings. The first-order valence-electron chi connectivity index (χ1n) is 8.27. The summed E-state index contributed by atoms with van der Waals surface area (Å²) in [5, 5.41) is 6.61. The van der Waals surface area contributed by atoms with Crippen molar-refractivity contribution >= 4 is 22.5 Å². The highest BCUT2D eigenvalue weighted by molar-refractivity contribution is 5.82. The molecule has 0 fully saturated rings. The SMILES string of the molecule is Cc1cc(Nc2cc3c(cn2)c(=O)[nH]n3-c2ccccc2C)nc(C)n1. The van der Waals surface area contributed by atoms with E-state index in [0.717, 1.165) is 22.5 Å². The van der Waals surface area contributed by atoms with Crippen LogP contribution in [-0.2, 0) is 0 Å². The Morgan fingerprint density at radius 3 is 2.62 bits per heavy atom. The number of nitrogens with zero attached hydrogens (tertiary/aromatic N) is 4. The van der Waals surface area contributed by atoms with E-state index in [-0.39, 0.29) is 5.56 Å². The zero-order valence-electron chi connectivity index (χ0n) is 14.7. The van der Waals surface area contributed by atoms with Gasteiger partial charge in [0.2, 0.25) is 0 Å². The number of H-pyrrole nitrogens is 1. The molecule has 0 amide bonds. The molecule has 26 heavy (non-hydrogen) atoms. The van der Waals surface area contributed by atoms with Gasteiger partial charge in [-0.2, -0.15) is 0 Å². The van der Waals surface area contributed by atoms with E-state index in [4.69, 9.17) is 0 Å². The monoisotopic (exact) mass is 346 g/mol. The zero-order valence-corrected chi connectivity index (χ0v) is 14.7. The second kappa shape index (κ2) is 6.11. The molecule has 0 spiro atoms. The van der Waals surface area contributed by atoms with Crippen molar-refractivity contribution in [1.82, 2.24) is 24.7 Å². The Morgan fingerprint density at radius 2 is 1.85 bits per heavy atom. The van der Waals surface area contributed by atoms with Gasteiger partial charge in [0, 0.05) is 24.0 Å². The molecular weight excluding hydrogens is 328 g/mol. The van der Waals surface area contributed by atoms with Crippen molar-refractivity contribution in [3.63, 3.8) is 0 Å². The molecule has 0 saturated heterocycles. The molecule has 1 aromatic carbocycles. The van der Waals surface area contributed by atoms with Crippen LogP contribution in [0.5, 0.6) is 0 Å². The molecule has 0 aliphatic rings. The van der Waals surface area contributed by atoms with E-state index >= 15 is 0 Å². The average Bonchev–Trinajstić information content (AvgIpc) is 2.90. The molecule has 0 bridgehead atoms. The number of hydrogen-bond acceptors (Lipinski definition) is 5. The number of aromatic amines is 1. The maximum absolute atomic E-state index is 12.3. The molecule has 2 N–H and O–H groups in total. The molecular formula is C19H18N6O. The van der Waals surface area contributed by atoms with Gasteiger partial charge in [-0.3, -0.25) is 14.6 Å². The van der Waals surface area contributed by atoms with Gasteiger partial charge in [0.05, 0.1) is 16.6 Å². The van der Waals surface area contributed by atoms with E-state index < -0.39 is 0 Å². The molecule has 7 heteroatoms. The summed E-state index contributed by atoms with van der Waals surface area (Å²) >= 11 is 0. The number of benzene rings is 1. The van der Waals surface area contributed by atoms with Crippen LogP contribution in [0.25, 0.3) is 16.6 Å². The van der Waals surface area contributed by atoms with Crippen LogP contribution < -0.4 is 10.9 Å². The van der Waals surface area contributed by atoms with Crippen molar-refractivity contribution in [2.45, 2.75) is 20.8 Å². The maximum atomic E-state index is 12.3. The largest absolute Gasteiger partial charge is 0.325 e. The fourth-order valence-electron chi connectivity index (χ4n) is 3.01. The molecule has 7 nitrogen and oxygen atoms in total. The second-order valence-corrected chi connectivity index (χ2v) is 6.22. The van der Waals surface area contributed by atoms with E-state index in [1.165, 1.54) is 0 Å².